The Bertz CT molecular complexity index is 1070. The Morgan fingerprint density at radius 3 is 2.38 bits per heavy atom. The zero-order chi connectivity index (χ0) is 24.3. The van der Waals surface area contributed by atoms with E-state index < -0.39 is 18.5 Å². The van der Waals surface area contributed by atoms with Crippen molar-refractivity contribution >= 4 is 11.9 Å². The number of rotatable bonds is 12. The lowest BCUT2D eigenvalue weighted by atomic mass is 10.2. The first-order valence-electron chi connectivity index (χ1n) is 10.9. The van der Waals surface area contributed by atoms with E-state index in [1.54, 1.807) is 36.4 Å². The highest BCUT2D eigenvalue weighted by atomic mass is 16.5. The lowest BCUT2D eigenvalue weighted by molar-refractivity contribution is -0.124. The summed E-state index contributed by atoms with van der Waals surface area (Å²) in [5, 5.41) is 6.53. The minimum atomic E-state index is -0.622. The number of carbonyl (C=O) groups excluding carboxylic acids is 2. The highest BCUT2D eigenvalue weighted by Crippen LogP contribution is 2.19. The summed E-state index contributed by atoms with van der Waals surface area (Å²) in [4.78, 5) is 24.3. The summed E-state index contributed by atoms with van der Waals surface area (Å²) in [7, 11) is 0. The molecule has 34 heavy (non-hydrogen) atoms. The molecule has 3 rings (SSSR count). The van der Waals surface area contributed by atoms with Gasteiger partial charge in [0.2, 0.25) is 0 Å². The van der Waals surface area contributed by atoms with Crippen molar-refractivity contribution in [3.63, 3.8) is 0 Å². The van der Waals surface area contributed by atoms with Crippen LogP contribution >= 0.6 is 0 Å². The largest absolute Gasteiger partial charge is 0.494 e. The van der Waals surface area contributed by atoms with Crippen molar-refractivity contribution < 1.29 is 33.1 Å². The predicted octanol–water partition coefficient (Wildman–Crippen LogP) is 3.62. The Hall–Kier alpha value is -4.01. The maximum absolute atomic E-state index is 12.3. The first kappa shape index (κ1) is 24.6. The number of hydrogen-bond acceptors (Lipinski definition) is 8. The molecule has 2 aromatic carbocycles. The van der Waals surface area contributed by atoms with E-state index in [0.29, 0.717) is 23.9 Å². The molecule has 0 fully saturated rings. The van der Waals surface area contributed by atoms with E-state index in [0.717, 1.165) is 17.0 Å². The first-order valence-corrected chi connectivity index (χ1v) is 10.9. The van der Waals surface area contributed by atoms with Gasteiger partial charge in [-0.2, -0.15) is 0 Å². The van der Waals surface area contributed by atoms with Crippen LogP contribution in [0.2, 0.25) is 0 Å². The predicted molar refractivity (Wildman–Crippen MR) is 123 cm³/mol. The van der Waals surface area contributed by atoms with Gasteiger partial charge in [-0.3, -0.25) is 4.79 Å². The normalized spacial score (nSPS) is 10.4. The third kappa shape index (κ3) is 7.26. The van der Waals surface area contributed by atoms with Crippen LogP contribution in [0.1, 0.15) is 34.3 Å². The van der Waals surface area contributed by atoms with Crippen molar-refractivity contribution in [3.05, 3.63) is 71.1 Å². The monoisotopic (exact) mass is 468 g/mol. The number of aromatic nitrogens is 1. The van der Waals surface area contributed by atoms with Crippen molar-refractivity contribution in [1.29, 1.82) is 0 Å². The molecule has 0 aliphatic rings. The summed E-state index contributed by atoms with van der Waals surface area (Å²) in [6, 6.07) is 13.8. The van der Waals surface area contributed by atoms with Crippen molar-refractivity contribution in [1.82, 2.24) is 10.5 Å². The standard InChI is InChI=1S/C25H28N2O7/c1-4-30-20-8-10-21(11-9-20)31-13-12-26-24(28)16-33-25(29)19-6-5-7-22(14-19)32-15-23-17(2)27-34-18(23)3/h5-11,14H,4,12-13,15-16H2,1-3H3,(H,26,28). The van der Waals surface area contributed by atoms with Gasteiger partial charge in [-0.05, 0) is 63.2 Å². The van der Waals surface area contributed by atoms with E-state index >= 15 is 0 Å². The number of amides is 1. The number of carbonyl (C=O) groups is 2. The van der Waals surface area contributed by atoms with Crippen LogP contribution < -0.4 is 19.5 Å². The quantitative estimate of drug-likeness (QED) is 0.317. The van der Waals surface area contributed by atoms with Crippen molar-refractivity contribution in [3.8, 4) is 17.2 Å². The van der Waals surface area contributed by atoms with Gasteiger partial charge in [-0.15, -0.1) is 0 Å². The topological polar surface area (TPSA) is 109 Å². The maximum Gasteiger partial charge on any atom is 0.338 e. The number of hydrogen-bond donors (Lipinski definition) is 1. The second kappa shape index (κ2) is 12.3. The fraction of sp³-hybridized carbons (Fsp3) is 0.320. The Morgan fingerprint density at radius 2 is 1.71 bits per heavy atom. The van der Waals surface area contributed by atoms with Crippen LogP contribution in [0, 0.1) is 13.8 Å². The number of esters is 1. The molecule has 1 heterocycles. The molecule has 0 bridgehead atoms. The van der Waals surface area contributed by atoms with Crippen LogP contribution in [0.3, 0.4) is 0 Å². The van der Waals surface area contributed by atoms with Crippen LogP contribution in [-0.2, 0) is 16.1 Å². The molecular weight excluding hydrogens is 440 g/mol. The molecule has 1 N–H and O–H groups in total. The Kier molecular flexibility index (Phi) is 8.90. The van der Waals surface area contributed by atoms with Gasteiger partial charge in [-0.1, -0.05) is 11.2 Å². The molecular formula is C25H28N2O7. The third-order valence-corrected chi connectivity index (χ3v) is 4.80. The van der Waals surface area contributed by atoms with Gasteiger partial charge in [0.1, 0.15) is 36.2 Å². The van der Waals surface area contributed by atoms with E-state index in [1.807, 2.05) is 32.9 Å². The zero-order valence-electron chi connectivity index (χ0n) is 19.5. The minimum absolute atomic E-state index is 0.265. The molecule has 9 heteroatoms. The van der Waals surface area contributed by atoms with Crippen LogP contribution in [0.4, 0.5) is 0 Å². The fourth-order valence-corrected chi connectivity index (χ4v) is 3.00. The smallest absolute Gasteiger partial charge is 0.338 e. The van der Waals surface area contributed by atoms with Gasteiger partial charge in [0.05, 0.1) is 30.0 Å². The summed E-state index contributed by atoms with van der Waals surface area (Å²) in [6.07, 6.45) is 0. The summed E-state index contributed by atoms with van der Waals surface area (Å²) >= 11 is 0. The zero-order valence-corrected chi connectivity index (χ0v) is 19.5. The molecule has 9 nitrogen and oxygen atoms in total. The first-order chi connectivity index (χ1) is 16.5. The fourth-order valence-electron chi connectivity index (χ4n) is 3.00. The minimum Gasteiger partial charge on any atom is -0.494 e. The molecule has 1 amide bonds. The molecule has 180 valence electrons. The molecule has 1 aromatic heterocycles. The van der Waals surface area contributed by atoms with Gasteiger partial charge in [-0.25, -0.2) is 4.79 Å². The van der Waals surface area contributed by atoms with Crippen LogP contribution in [-0.4, -0.2) is 43.4 Å². The number of nitrogens with one attached hydrogen (secondary N) is 1. The maximum atomic E-state index is 12.3. The SMILES string of the molecule is CCOc1ccc(OCCNC(=O)COC(=O)c2cccc(OCc3c(C)noc3C)c2)cc1. The lowest BCUT2D eigenvalue weighted by Gasteiger charge is -2.10. The molecule has 0 saturated carbocycles. The third-order valence-electron chi connectivity index (χ3n) is 4.80. The molecule has 0 aliphatic heterocycles. The average Bonchev–Trinajstić information content (AvgIpc) is 3.17. The number of benzene rings is 2. The average molecular weight is 469 g/mol. The van der Waals surface area contributed by atoms with Crippen molar-refractivity contribution in [2.45, 2.75) is 27.4 Å². The van der Waals surface area contributed by atoms with E-state index in [-0.39, 0.29) is 25.3 Å². The number of ether oxygens (including phenoxy) is 4. The Labute approximate surface area is 197 Å². The van der Waals surface area contributed by atoms with Gasteiger partial charge < -0.3 is 28.8 Å². The molecule has 0 atom stereocenters. The van der Waals surface area contributed by atoms with Crippen LogP contribution in [0.15, 0.2) is 53.1 Å². The van der Waals surface area contributed by atoms with Gasteiger partial charge >= 0.3 is 5.97 Å². The Balaban J connectivity index is 1.37. The lowest BCUT2D eigenvalue weighted by Crippen LogP contribution is -2.32. The highest BCUT2D eigenvalue weighted by Gasteiger charge is 2.13. The Morgan fingerprint density at radius 1 is 0.971 bits per heavy atom. The highest BCUT2D eigenvalue weighted by molar-refractivity contribution is 5.91. The second-order valence-corrected chi connectivity index (χ2v) is 7.30. The van der Waals surface area contributed by atoms with Crippen molar-refractivity contribution in [2.75, 3.05) is 26.4 Å². The molecule has 3 aromatic rings. The molecule has 0 aliphatic carbocycles. The van der Waals surface area contributed by atoms with Crippen LogP contribution in [0.5, 0.6) is 17.2 Å². The van der Waals surface area contributed by atoms with Crippen LogP contribution in [0.25, 0.3) is 0 Å². The van der Waals surface area contributed by atoms with E-state index in [9.17, 15) is 9.59 Å². The van der Waals surface area contributed by atoms with E-state index in [2.05, 4.69) is 10.5 Å². The van der Waals surface area contributed by atoms with E-state index in [4.69, 9.17) is 23.5 Å². The van der Waals surface area contributed by atoms with Crippen molar-refractivity contribution in [2.24, 2.45) is 0 Å². The summed E-state index contributed by atoms with van der Waals surface area (Å²) < 4.78 is 26.9. The van der Waals surface area contributed by atoms with Gasteiger partial charge in [0, 0.05) is 0 Å². The number of aryl methyl sites for hydroxylation is 2. The summed E-state index contributed by atoms with van der Waals surface area (Å²) in [5.41, 5.74) is 1.89. The molecule has 0 unspecified atom stereocenters. The molecule has 0 radical (unpaired) electrons. The molecule has 0 spiro atoms. The van der Waals surface area contributed by atoms with E-state index in [1.165, 1.54) is 0 Å². The van der Waals surface area contributed by atoms with Gasteiger partial charge in [0.25, 0.3) is 5.91 Å². The summed E-state index contributed by atoms with van der Waals surface area (Å²) in [5.74, 6) is 1.57. The summed E-state index contributed by atoms with van der Waals surface area (Å²) in [6.45, 7) is 6.57. The van der Waals surface area contributed by atoms with Gasteiger partial charge in [0.15, 0.2) is 6.61 Å². The number of nitrogens with zero attached hydrogens (tertiary/aromatic N) is 1. The second-order valence-electron chi connectivity index (χ2n) is 7.30. The molecule has 0 saturated heterocycles.